The Morgan fingerprint density at radius 1 is 1.14 bits per heavy atom. The third-order valence-electron chi connectivity index (χ3n) is 4.78. The third kappa shape index (κ3) is 5.51. The third-order valence-corrected chi connectivity index (χ3v) is 5.13. The fourth-order valence-electron chi connectivity index (χ4n) is 3.05. The van der Waals surface area contributed by atoms with Gasteiger partial charge in [-0.2, -0.15) is 13.2 Å². The van der Waals surface area contributed by atoms with Gasteiger partial charge in [0.25, 0.3) is 0 Å². The van der Waals surface area contributed by atoms with E-state index in [9.17, 15) is 18.0 Å². The van der Waals surface area contributed by atoms with Crippen LogP contribution in [0.3, 0.4) is 0 Å². The van der Waals surface area contributed by atoms with Crippen LogP contribution >= 0.6 is 11.6 Å². The highest BCUT2D eigenvalue weighted by Crippen LogP contribution is 2.38. The largest absolute Gasteiger partial charge is 0.488 e. The summed E-state index contributed by atoms with van der Waals surface area (Å²) in [6.45, 7) is 5.29. The Hall–Kier alpha value is -2.01. The van der Waals surface area contributed by atoms with Crippen LogP contribution in [0.1, 0.15) is 54.5 Å². The summed E-state index contributed by atoms with van der Waals surface area (Å²) in [5.74, 6) is -0.0883. The van der Waals surface area contributed by atoms with E-state index in [2.05, 4.69) is 0 Å². The van der Waals surface area contributed by atoms with Crippen LogP contribution in [0.5, 0.6) is 5.75 Å². The van der Waals surface area contributed by atoms with Crippen molar-refractivity contribution in [3.8, 4) is 5.75 Å². The molecule has 0 atom stereocenters. The van der Waals surface area contributed by atoms with E-state index in [0.717, 1.165) is 17.2 Å². The van der Waals surface area contributed by atoms with Crippen molar-refractivity contribution >= 4 is 17.4 Å². The van der Waals surface area contributed by atoms with Gasteiger partial charge in [0.05, 0.1) is 5.56 Å². The van der Waals surface area contributed by atoms with Crippen LogP contribution in [0.2, 0.25) is 5.02 Å². The van der Waals surface area contributed by atoms with E-state index < -0.39 is 11.7 Å². The quantitative estimate of drug-likeness (QED) is 0.481. The summed E-state index contributed by atoms with van der Waals surface area (Å²) in [7, 11) is 0. The highest BCUT2D eigenvalue weighted by Gasteiger charge is 2.35. The van der Waals surface area contributed by atoms with E-state index in [1.165, 1.54) is 6.07 Å². The molecule has 152 valence electrons. The molecule has 0 heterocycles. The Bertz CT molecular complexity index is 844. The normalized spacial score (nSPS) is 11.5. The average molecular weight is 413 g/mol. The number of carbonyl (C=O) groups is 1. The number of ketones is 1. The maximum Gasteiger partial charge on any atom is 0.419 e. The van der Waals surface area contributed by atoms with Gasteiger partial charge in [0.1, 0.15) is 18.1 Å². The van der Waals surface area contributed by atoms with Crippen LogP contribution in [0, 0.1) is 6.92 Å². The number of ether oxygens (including phenoxy) is 1. The van der Waals surface area contributed by atoms with Crippen molar-refractivity contribution in [1.82, 2.24) is 0 Å². The fourth-order valence-corrected chi connectivity index (χ4v) is 3.30. The Morgan fingerprint density at radius 3 is 2.46 bits per heavy atom. The summed E-state index contributed by atoms with van der Waals surface area (Å²) in [6.07, 6.45) is -2.71. The molecule has 0 bridgehead atoms. The SMILES string of the molecule is CCC(=O)CCc1cccc(Cl)c1COc1cc(C)c(CC)cc1C(F)(F)F. The molecule has 0 aliphatic rings. The predicted octanol–water partition coefficient (Wildman–Crippen LogP) is 6.72. The molecular formula is C22H24ClF3O2. The standard InChI is InChI=1S/C22H24ClF3O2/c1-4-15-12-19(22(24,25)26)21(11-14(15)3)28-13-18-16(7-6-8-20(18)23)9-10-17(27)5-2/h6-8,11-12H,4-5,9-10,13H2,1-3H3. The van der Waals surface area contributed by atoms with Crippen molar-refractivity contribution in [3.05, 3.63) is 63.2 Å². The lowest BCUT2D eigenvalue weighted by Gasteiger charge is -2.18. The van der Waals surface area contributed by atoms with E-state index in [1.807, 2.05) is 13.0 Å². The minimum absolute atomic E-state index is 0.0939. The molecule has 0 aromatic heterocycles. The first-order valence-electron chi connectivity index (χ1n) is 9.28. The van der Waals surface area contributed by atoms with Gasteiger partial charge in [0.2, 0.25) is 0 Å². The van der Waals surface area contributed by atoms with Crippen molar-refractivity contribution in [3.63, 3.8) is 0 Å². The molecule has 2 aromatic carbocycles. The molecule has 0 unspecified atom stereocenters. The topological polar surface area (TPSA) is 26.3 Å². The lowest BCUT2D eigenvalue weighted by Crippen LogP contribution is -2.11. The number of alkyl halides is 3. The second-order valence-electron chi connectivity index (χ2n) is 6.68. The average Bonchev–Trinajstić information content (AvgIpc) is 2.64. The molecule has 0 radical (unpaired) electrons. The van der Waals surface area contributed by atoms with E-state index in [-0.39, 0.29) is 18.1 Å². The second-order valence-corrected chi connectivity index (χ2v) is 7.09. The molecule has 0 aliphatic heterocycles. The molecule has 0 fully saturated rings. The highest BCUT2D eigenvalue weighted by atomic mass is 35.5. The number of Topliss-reactive ketones (excluding diaryl/α,β-unsaturated/α-hetero) is 1. The Morgan fingerprint density at radius 2 is 1.86 bits per heavy atom. The number of halogens is 4. The molecule has 0 aliphatic carbocycles. The van der Waals surface area contributed by atoms with Gasteiger partial charge in [-0.1, -0.05) is 37.6 Å². The summed E-state index contributed by atoms with van der Waals surface area (Å²) >= 11 is 6.27. The molecule has 6 heteroatoms. The summed E-state index contributed by atoms with van der Waals surface area (Å²) < 4.78 is 46.1. The van der Waals surface area contributed by atoms with Crippen molar-refractivity contribution in [2.45, 2.75) is 59.2 Å². The first kappa shape index (κ1) is 22.3. The van der Waals surface area contributed by atoms with Gasteiger partial charge < -0.3 is 4.74 Å². The zero-order valence-electron chi connectivity index (χ0n) is 16.3. The van der Waals surface area contributed by atoms with Crippen LogP contribution in [-0.2, 0) is 30.4 Å². The zero-order chi connectivity index (χ0) is 20.9. The van der Waals surface area contributed by atoms with Gasteiger partial charge in [0, 0.05) is 23.4 Å². The lowest BCUT2D eigenvalue weighted by molar-refractivity contribution is -0.139. The minimum atomic E-state index is -4.51. The summed E-state index contributed by atoms with van der Waals surface area (Å²) in [6, 6.07) is 7.83. The van der Waals surface area contributed by atoms with Crippen LogP contribution in [-0.4, -0.2) is 5.78 Å². The van der Waals surface area contributed by atoms with E-state index >= 15 is 0 Å². The Balaban J connectivity index is 2.31. The molecule has 28 heavy (non-hydrogen) atoms. The van der Waals surface area contributed by atoms with Gasteiger partial charge >= 0.3 is 6.18 Å². The zero-order valence-corrected chi connectivity index (χ0v) is 17.0. The molecule has 0 N–H and O–H groups in total. The number of hydrogen-bond acceptors (Lipinski definition) is 2. The predicted molar refractivity (Wildman–Crippen MR) is 105 cm³/mol. The minimum Gasteiger partial charge on any atom is -0.488 e. The van der Waals surface area contributed by atoms with Gasteiger partial charge in [-0.25, -0.2) is 0 Å². The maximum absolute atomic E-state index is 13.5. The molecule has 0 spiro atoms. The molecule has 0 saturated carbocycles. The van der Waals surface area contributed by atoms with Gasteiger partial charge in [-0.3, -0.25) is 4.79 Å². The number of rotatable bonds is 8. The van der Waals surface area contributed by atoms with Crippen LogP contribution in [0.15, 0.2) is 30.3 Å². The molecule has 2 aromatic rings. The number of carbonyl (C=O) groups excluding carboxylic acids is 1. The molecule has 2 rings (SSSR count). The van der Waals surface area contributed by atoms with Crippen molar-refractivity contribution in [1.29, 1.82) is 0 Å². The van der Waals surface area contributed by atoms with Gasteiger partial charge in [-0.15, -0.1) is 0 Å². The van der Waals surface area contributed by atoms with E-state index in [4.69, 9.17) is 16.3 Å². The maximum atomic E-state index is 13.5. The van der Waals surface area contributed by atoms with E-state index in [1.54, 1.807) is 26.0 Å². The summed E-state index contributed by atoms with van der Waals surface area (Å²) in [5.41, 5.74) is 2.02. The Labute approximate surface area is 168 Å². The first-order valence-corrected chi connectivity index (χ1v) is 9.66. The highest BCUT2D eigenvalue weighted by molar-refractivity contribution is 6.31. The van der Waals surface area contributed by atoms with E-state index in [0.29, 0.717) is 41.8 Å². The second kappa shape index (κ2) is 9.46. The van der Waals surface area contributed by atoms with Crippen molar-refractivity contribution < 1.29 is 22.7 Å². The monoisotopic (exact) mass is 412 g/mol. The number of aryl methyl sites for hydroxylation is 3. The summed E-state index contributed by atoms with van der Waals surface area (Å²) in [5, 5.41) is 0.414. The van der Waals surface area contributed by atoms with Crippen LogP contribution < -0.4 is 4.74 Å². The van der Waals surface area contributed by atoms with Crippen molar-refractivity contribution in [2.24, 2.45) is 0 Å². The number of hydrogen-bond donors (Lipinski definition) is 0. The van der Waals surface area contributed by atoms with Crippen LogP contribution in [0.4, 0.5) is 13.2 Å². The van der Waals surface area contributed by atoms with Gasteiger partial charge in [-0.05, 0) is 54.7 Å². The van der Waals surface area contributed by atoms with Gasteiger partial charge in [0.15, 0.2) is 0 Å². The molecule has 2 nitrogen and oxygen atoms in total. The lowest BCUT2D eigenvalue weighted by atomic mass is 10.0. The number of benzene rings is 2. The van der Waals surface area contributed by atoms with Crippen LogP contribution in [0.25, 0.3) is 0 Å². The smallest absolute Gasteiger partial charge is 0.419 e. The molecular weight excluding hydrogens is 389 g/mol. The molecule has 0 saturated heterocycles. The summed E-state index contributed by atoms with van der Waals surface area (Å²) in [4.78, 5) is 11.6. The fraction of sp³-hybridized carbons (Fsp3) is 0.409. The molecule has 0 amide bonds. The Kier molecular flexibility index (Phi) is 7.53. The first-order chi connectivity index (χ1) is 13.2. The van der Waals surface area contributed by atoms with Crippen molar-refractivity contribution in [2.75, 3.05) is 0 Å².